The Morgan fingerprint density at radius 3 is 2.50 bits per heavy atom. The van der Waals surface area contributed by atoms with Crippen LogP contribution in [0.1, 0.15) is 5.56 Å². The molecule has 0 saturated heterocycles. The molecule has 0 aliphatic heterocycles. The van der Waals surface area contributed by atoms with E-state index >= 15 is 0 Å². The summed E-state index contributed by atoms with van der Waals surface area (Å²) in [5.74, 6) is 0.267. The summed E-state index contributed by atoms with van der Waals surface area (Å²) in [6.07, 6.45) is 0. The van der Waals surface area contributed by atoms with Gasteiger partial charge in [0.2, 0.25) is 0 Å². The van der Waals surface area contributed by atoms with Crippen LogP contribution < -0.4 is 5.32 Å². The molecule has 0 saturated carbocycles. The topological polar surface area (TPSA) is 32.3 Å². The zero-order chi connectivity index (χ0) is 11.4. The predicted octanol–water partition coefficient (Wildman–Crippen LogP) is 3.77. The lowest BCUT2D eigenvalue weighted by atomic mass is 10.2. The van der Waals surface area contributed by atoms with Crippen LogP contribution in [0.3, 0.4) is 0 Å². The maximum absolute atomic E-state index is 9.36. The molecule has 0 aliphatic rings. The Morgan fingerprint density at radius 2 is 1.81 bits per heavy atom. The molecular weight excluding hydrogens is 266 g/mol. The number of halogens is 1. The van der Waals surface area contributed by atoms with Gasteiger partial charge in [-0.1, -0.05) is 24.3 Å². The molecule has 0 atom stereocenters. The monoisotopic (exact) mass is 277 g/mol. The fourth-order valence-corrected chi connectivity index (χ4v) is 1.85. The maximum Gasteiger partial charge on any atom is 0.129 e. The Labute approximate surface area is 103 Å². The van der Waals surface area contributed by atoms with Crippen LogP contribution in [0.25, 0.3) is 0 Å². The van der Waals surface area contributed by atoms with E-state index in [0.717, 1.165) is 22.3 Å². The lowest BCUT2D eigenvalue weighted by molar-refractivity contribution is 0.471. The Bertz CT molecular complexity index is 471. The van der Waals surface area contributed by atoms with Gasteiger partial charge >= 0.3 is 0 Å². The first kappa shape index (κ1) is 11.0. The molecule has 0 fully saturated rings. The lowest BCUT2D eigenvalue weighted by Crippen LogP contribution is -1.98. The summed E-state index contributed by atoms with van der Waals surface area (Å²) in [4.78, 5) is 0. The lowest BCUT2D eigenvalue weighted by Gasteiger charge is -2.07. The van der Waals surface area contributed by atoms with E-state index in [4.69, 9.17) is 0 Å². The Morgan fingerprint density at radius 1 is 1.06 bits per heavy atom. The SMILES string of the molecule is Oc1ccc(CNc2ccccc2)cc1Br. The largest absolute Gasteiger partial charge is 0.507 e. The number of hydrogen-bond donors (Lipinski definition) is 2. The molecule has 0 unspecified atom stereocenters. The second kappa shape index (κ2) is 5.03. The van der Waals surface area contributed by atoms with Crippen LogP contribution in [0.4, 0.5) is 5.69 Å². The Balaban J connectivity index is 2.03. The number of nitrogens with one attached hydrogen (secondary N) is 1. The third-order valence-corrected chi connectivity index (χ3v) is 2.92. The first-order chi connectivity index (χ1) is 7.75. The minimum absolute atomic E-state index is 0.267. The highest BCUT2D eigenvalue weighted by molar-refractivity contribution is 9.10. The predicted molar refractivity (Wildman–Crippen MR) is 69.6 cm³/mol. The van der Waals surface area contributed by atoms with E-state index in [1.807, 2.05) is 42.5 Å². The van der Waals surface area contributed by atoms with E-state index in [-0.39, 0.29) is 5.75 Å². The van der Waals surface area contributed by atoms with Crippen LogP contribution in [-0.4, -0.2) is 5.11 Å². The maximum atomic E-state index is 9.36. The number of anilines is 1. The molecule has 0 amide bonds. The summed E-state index contributed by atoms with van der Waals surface area (Å²) >= 11 is 3.29. The molecule has 2 N–H and O–H groups in total. The van der Waals surface area contributed by atoms with Gasteiger partial charge in [0.1, 0.15) is 5.75 Å². The van der Waals surface area contributed by atoms with Gasteiger partial charge in [0.25, 0.3) is 0 Å². The molecule has 0 bridgehead atoms. The van der Waals surface area contributed by atoms with Crippen molar-refractivity contribution in [1.82, 2.24) is 0 Å². The summed E-state index contributed by atoms with van der Waals surface area (Å²) in [5, 5.41) is 12.7. The van der Waals surface area contributed by atoms with E-state index in [2.05, 4.69) is 21.2 Å². The average molecular weight is 278 g/mol. The zero-order valence-electron chi connectivity index (χ0n) is 8.65. The van der Waals surface area contributed by atoms with E-state index in [9.17, 15) is 5.11 Å². The number of hydrogen-bond acceptors (Lipinski definition) is 2. The Kier molecular flexibility index (Phi) is 3.47. The fraction of sp³-hybridized carbons (Fsp3) is 0.0769. The van der Waals surface area contributed by atoms with Crippen molar-refractivity contribution in [2.75, 3.05) is 5.32 Å². The highest BCUT2D eigenvalue weighted by Gasteiger charge is 1.99. The minimum atomic E-state index is 0.267. The van der Waals surface area contributed by atoms with Crippen molar-refractivity contribution in [3.63, 3.8) is 0 Å². The molecule has 0 heterocycles. The number of phenols is 1. The highest BCUT2D eigenvalue weighted by atomic mass is 79.9. The van der Waals surface area contributed by atoms with Crippen molar-refractivity contribution in [3.8, 4) is 5.75 Å². The molecule has 0 spiro atoms. The van der Waals surface area contributed by atoms with E-state index in [1.54, 1.807) is 6.07 Å². The van der Waals surface area contributed by atoms with Crippen molar-refractivity contribution in [3.05, 3.63) is 58.6 Å². The first-order valence-electron chi connectivity index (χ1n) is 5.02. The van der Waals surface area contributed by atoms with Gasteiger partial charge in [-0.2, -0.15) is 0 Å². The average Bonchev–Trinajstić information content (AvgIpc) is 2.32. The van der Waals surface area contributed by atoms with Gasteiger partial charge in [0, 0.05) is 12.2 Å². The molecule has 0 aliphatic carbocycles. The molecule has 16 heavy (non-hydrogen) atoms. The summed E-state index contributed by atoms with van der Waals surface area (Å²) < 4.78 is 0.722. The summed E-state index contributed by atoms with van der Waals surface area (Å²) in [6.45, 7) is 0.739. The van der Waals surface area contributed by atoms with Gasteiger partial charge in [0.05, 0.1) is 4.47 Å². The van der Waals surface area contributed by atoms with Crippen molar-refractivity contribution in [1.29, 1.82) is 0 Å². The van der Waals surface area contributed by atoms with Crippen LogP contribution in [0.15, 0.2) is 53.0 Å². The molecular formula is C13H12BrNO. The normalized spacial score (nSPS) is 10.1. The number of para-hydroxylation sites is 1. The molecule has 3 heteroatoms. The van der Waals surface area contributed by atoms with Crippen LogP contribution in [-0.2, 0) is 6.54 Å². The third-order valence-electron chi connectivity index (χ3n) is 2.28. The second-order valence-electron chi connectivity index (χ2n) is 3.51. The quantitative estimate of drug-likeness (QED) is 0.895. The van der Waals surface area contributed by atoms with Gasteiger partial charge in [-0.15, -0.1) is 0 Å². The van der Waals surface area contributed by atoms with Gasteiger partial charge in [-0.25, -0.2) is 0 Å². The van der Waals surface area contributed by atoms with Crippen molar-refractivity contribution in [2.24, 2.45) is 0 Å². The van der Waals surface area contributed by atoms with Gasteiger partial charge in [0.15, 0.2) is 0 Å². The zero-order valence-corrected chi connectivity index (χ0v) is 10.2. The van der Waals surface area contributed by atoms with Gasteiger partial charge < -0.3 is 10.4 Å². The van der Waals surface area contributed by atoms with Crippen LogP contribution in [0.2, 0.25) is 0 Å². The van der Waals surface area contributed by atoms with Crippen LogP contribution >= 0.6 is 15.9 Å². The van der Waals surface area contributed by atoms with E-state index < -0.39 is 0 Å². The number of benzene rings is 2. The minimum Gasteiger partial charge on any atom is -0.507 e. The van der Waals surface area contributed by atoms with Gasteiger partial charge in [-0.3, -0.25) is 0 Å². The van der Waals surface area contributed by atoms with Crippen LogP contribution in [0, 0.1) is 0 Å². The summed E-state index contributed by atoms with van der Waals surface area (Å²) in [5.41, 5.74) is 2.21. The van der Waals surface area contributed by atoms with Crippen molar-refractivity contribution < 1.29 is 5.11 Å². The third kappa shape index (κ3) is 2.76. The van der Waals surface area contributed by atoms with E-state index in [1.165, 1.54) is 0 Å². The molecule has 2 aromatic rings. The number of aromatic hydroxyl groups is 1. The number of rotatable bonds is 3. The molecule has 2 aromatic carbocycles. The fourth-order valence-electron chi connectivity index (χ4n) is 1.42. The summed E-state index contributed by atoms with van der Waals surface area (Å²) in [7, 11) is 0. The summed E-state index contributed by atoms with van der Waals surface area (Å²) in [6, 6.07) is 15.5. The van der Waals surface area contributed by atoms with Gasteiger partial charge in [-0.05, 0) is 45.8 Å². The van der Waals surface area contributed by atoms with E-state index in [0.29, 0.717) is 0 Å². The standard InChI is InChI=1S/C13H12BrNO/c14-12-8-10(6-7-13(12)16)9-15-11-4-2-1-3-5-11/h1-8,15-16H,9H2. The Hall–Kier alpha value is -1.48. The molecule has 0 radical (unpaired) electrons. The van der Waals surface area contributed by atoms with Crippen molar-refractivity contribution in [2.45, 2.75) is 6.54 Å². The molecule has 82 valence electrons. The molecule has 2 nitrogen and oxygen atoms in total. The number of phenolic OH excluding ortho intramolecular Hbond substituents is 1. The second-order valence-corrected chi connectivity index (χ2v) is 4.36. The first-order valence-corrected chi connectivity index (χ1v) is 5.81. The van der Waals surface area contributed by atoms with Crippen LogP contribution in [0.5, 0.6) is 5.75 Å². The smallest absolute Gasteiger partial charge is 0.129 e. The molecule has 2 rings (SSSR count). The van der Waals surface area contributed by atoms with Crippen molar-refractivity contribution >= 4 is 21.6 Å². The molecule has 0 aromatic heterocycles. The highest BCUT2D eigenvalue weighted by Crippen LogP contribution is 2.24.